The van der Waals surface area contributed by atoms with Crippen molar-refractivity contribution >= 4 is 5.91 Å². The lowest BCUT2D eigenvalue weighted by Crippen LogP contribution is -2.27. The minimum atomic E-state index is -0.374. The number of halogens is 1. The Morgan fingerprint density at radius 3 is 2.57 bits per heavy atom. The second-order valence-electron chi connectivity index (χ2n) is 6.21. The number of carbonyl (C=O) groups excluding carboxylic acids is 1. The highest BCUT2D eigenvalue weighted by Crippen LogP contribution is 2.27. The van der Waals surface area contributed by atoms with Crippen LogP contribution in [0, 0.1) is 5.82 Å². The Hall–Kier alpha value is -3.35. The van der Waals surface area contributed by atoms with Crippen molar-refractivity contribution in [3.05, 3.63) is 65.6 Å². The molecule has 0 aliphatic heterocycles. The van der Waals surface area contributed by atoms with Gasteiger partial charge in [0.1, 0.15) is 11.5 Å². The normalized spacial score (nSPS) is 10.6. The summed E-state index contributed by atoms with van der Waals surface area (Å²) in [4.78, 5) is 12.5. The number of nitrogens with zero attached hydrogens (tertiary/aromatic N) is 2. The summed E-state index contributed by atoms with van der Waals surface area (Å²) in [6.07, 6.45) is 0.629. The molecule has 3 aromatic rings. The van der Waals surface area contributed by atoms with E-state index >= 15 is 0 Å². The lowest BCUT2D eigenvalue weighted by atomic mass is 10.1. The fourth-order valence-corrected chi connectivity index (χ4v) is 2.93. The third-order valence-electron chi connectivity index (χ3n) is 4.41. The number of nitrogens with one attached hydrogen (secondary N) is 1. The minimum absolute atomic E-state index is 0.266. The first-order chi connectivity index (χ1) is 13.5. The molecule has 2 aromatic carbocycles. The van der Waals surface area contributed by atoms with Gasteiger partial charge in [-0.25, -0.2) is 4.39 Å². The van der Waals surface area contributed by atoms with Crippen LogP contribution in [0.2, 0.25) is 0 Å². The molecule has 3 rings (SSSR count). The summed E-state index contributed by atoms with van der Waals surface area (Å²) in [7, 11) is 4.83. The molecule has 0 radical (unpaired) electrons. The van der Waals surface area contributed by atoms with Gasteiger partial charge in [0.25, 0.3) is 5.91 Å². The van der Waals surface area contributed by atoms with Gasteiger partial charge in [0.2, 0.25) is 0 Å². The van der Waals surface area contributed by atoms with Gasteiger partial charge in [-0.15, -0.1) is 0 Å². The Kier molecular flexibility index (Phi) is 5.93. The van der Waals surface area contributed by atoms with Crippen molar-refractivity contribution in [3.63, 3.8) is 0 Å². The first-order valence-corrected chi connectivity index (χ1v) is 8.81. The number of amides is 1. The zero-order valence-corrected chi connectivity index (χ0v) is 16.0. The number of hydrogen-bond donors (Lipinski definition) is 1. The molecule has 0 fully saturated rings. The van der Waals surface area contributed by atoms with E-state index in [1.54, 1.807) is 45.5 Å². The molecule has 28 heavy (non-hydrogen) atoms. The SMILES string of the molecule is COc1ccc(CCNC(=O)c2cc(-c3ccccc3F)nn2C)cc1OC. The first kappa shape index (κ1) is 19.4. The molecule has 0 saturated heterocycles. The predicted molar refractivity (Wildman–Crippen MR) is 104 cm³/mol. The highest BCUT2D eigenvalue weighted by Gasteiger charge is 2.16. The lowest BCUT2D eigenvalue weighted by Gasteiger charge is -2.10. The maximum absolute atomic E-state index is 14.0. The highest BCUT2D eigenvalue weighted by atomic mass is 19.1. The van der Waals surface area contributed by atoms with Gasteiger partial charge in [0.05, 0.1) is 19.9 Å². The molecule has 0 saturated carbocycles. The molecule has 1 amide bonds. The van der Waals surface area contributed by atoms with E-state index in [0.29, 0.717) is 41.4 Å². The Morgan fingerprint density at radius 2 is 1.86 bits per heavy atom. The molecule has 146 valence electrons. The van der Waals surface area contributed by atoms with Crippen molar-refractivity contribution in [2.75, 3.05) is 20.8 Å². The molecule has 0 unspecified atom stereocenters. The van der Waals surface area contributed by atoms with Crippen LogP contribution in [0.15, 0.2) is 48.5 Å². The predicted octanol–water partition coefficient (Wildman–Crippen LogP) is 3.22. The van der Waals surface area contributed by atoms with Crippen LogP contribution in [0.25, 0.3) is 11.3 Å². The van der Waals surface area contributed by atoms with Crippen LogP contribution >= 0.6 is 0 Å². The maximum Gasteiger partial charge on any atom is 0.269 e. The summed E-state index contributed by atoms with van der Waals surface area (Å²) in [6.45, 7) is 0.439. The summed E-state index contributed by atoms with van der Waals surface area (Å²) < 4.78 is 25.9. The Balaban J connectivity index is 1.65. The van der Waals surface area contributed by atoms with E-state index in [2.05, 4.69) is 10.4 Å². The van der Waals surface area contributed by atoms with Crippen molar-refractivity contribution in [1.82, 2.24) is 15.1 Å². The third-order valence-corrected chi connectivity index (χ3v) is 4.41. The van der Waals surface area contributed by atoms with Crippen LogP contribution in [0.3, 0.4) is 0 Å². The van der Waals surface area contributed by atoms with Crippen LogP contribution in [-0.2, 0) is 13.5 Å². The number of hydrogen-bond acceptors (Lipinski definition) is 4. The zero-order valence-electron chi connectivity index (χ0n) is 16.0. The second-order valence-corrected chi connectivity index (χ2v) is 6.21. The molecule has 0 aliphatic carbocycles. The lowest BCUT2D eigenvalue weighted by molar-refractivity contribution is 0.0944. The zero-order chi connectivity index (χ0) is 20.1. The standard InChI is InChI=1S/C21H22FN3O3/c1-25-18(13-17(24-25)15-6-4-5-7-16(15)22)21(26)23-11-10-14-8-9-19(27-2)20(12-14)28-3/h4-9,12-13H,10-11H2,1-3H3,(H,23,26). The number of ether oxygens (including phenoxy) is 2. The molecule has 0 atom stereocenters. The van der Waals surface area contributed by atoms with Crippen molar-refractivity contribution < 1.29 is 18.7 Å². The van der Waals surface area contributed by atoms with Gasteiger partial charge in [-0.3, -0.25) is 9.48 Å². The van der Waals surface area contributed by atoms with Gasteiger partial charge in [0, 0.05) is 19.2 Å². The Labute approximate surface area is 162 Å². The van der Waals surface area contributed by atoms with E-state index in [-0.39, 0.29) is 11.7 Å². The Morgan fingerprint density at radius 1 is 1.11 bits per heavy atom. The summed E-state index contributed by atoms with van der Waals surface area (Å²) in [5.74, 6) is 0.664. The van der Waals surface area contributed by atoms with Gasteiger partial charge in [-0.1, -0.05) is 18.2 Å². The summed E-state index contributed by atoms with van der Waals surface area (Å²) >= 11 is 0. The average Bonchev–Trinajstić information content (AvgIpc) is 3.09. The van der Waals surface area contributed by atoms with Gasteiger partial charge in [-0.2, -0.15) is 5.10 Å². The molecule has 1 aromatic heterocycles. The molecular weight excluding hydrogens is 361 g/mol. The monoisotopic (exact) mass is 383 g/mol. The van der Waals surface area contributed by atoms with E-state index in [4.69, 9.17) is 9.47 Å². The van der Waals surface area contributed by atoms with Crippen molar-refractivity contribution in [2.24, 2.45) is 7.05 Å². The van der Waals surface area contributed by atoms with Crippen LogP contribution in [-0.4, -0.2) is 36.5 Å². The summed E-state index contributed by atoms with van der Waals surface area (Å²) in [6, 6.07) is 13.6. The van der Waals surface area contributed by atoms with E-state index in [0.717, 1.165) is 5.56 Å². The minimum Gasteiger partial charge on any atom is -0.493 e. The molecule has 0 aliphatic rings. The number of methoxy groups -OCH3 is 2. The summed E-state index contributed by atoms with van der Waals surface area (Å²) in [5.41, 5.74) is 2.16. The van der Waals surface area contributed by atoms with Gasteiger partial charge in [-0.05, 0) is 42.3 Å². The number of carbonyl (C=O) groups is 1. The molecular formula is C21H22FN3O3. The van der Waals surface area contributed by atoms with Crippen molar-refractivity contribution in [1.29, 1.82) is 0 Å². The molecule has 1 N–H and O–H groups in total. The fraction of sp³-hybridized carbons (Fsp3) is 0.238. The molecule has 0 bridgehead atoms. The number of rotatable bonds is 7. The van der Waals surface area contributed by atoms with Crippen molar-refractivity contribution in [2.45, 2.75) is 6.42 Å². The van der Waals surface area contributed by atoms with Crippen LogP contribution in [0.5, 0.6) is 11.5 Å². The molecule has 1 heterocycles. The van der Waals surface area contributed by atoms with Crippen LogP contribution < -0.4 is 14.8 Å². The van der Waals surface area contributed by atoms with Gasteiger partial charge < -0.3 is 14.8 Å². The van der Waals surface area contributed by atoms with Gasteiger partial charge in [0.15, 0.2) is 11.5 Å². The smallest absolute Gasteiger partial charge is 0.269 e. The van der Waals surface area contributed by atoms with Crippen LogP contribution in [0.4, 0.5) is 4.39 Å². The topological polar surface area (TPSA) is 65.4 Å². The average molecular weight is 383 g/mol. The van der Waals surface area contributed by atoms with Gasteiger partial charge >= 0.3 is 0 Å². The van der Waals surface area contributed by atoms with E-state index in [1.165, 1.54) is 10.7 Å². The van der Waals surface area contributed by atoms with E-state index in [1.807, 2.05) is 18.2 Å². The molecule has 0 spiro atoms. The number of aryl methyl sites for hydroxylation is 1. The largest absolute Gasteiger partial charge is 0.493 e. The summed E-state index contributed by atoms with van der Waals surface area (Å²) in [5, 5.41) is 7.12. The second kappa shape index (κ2) is 8.56. The quantitative estimate of drug-likeness (QED) is 0.680. The molecule has 6 nitrogen and oxygen atoms in total. The Bertz CT molecular complexity index is 985. The molecule has 7 heteroatoms. The van der Waals surface area contributed by atoms with Crippen LogP contribution in [0.1, 0.15) is 16.1 Å². The number of aromatic nitrogens is 2. The number of benzene rings is 2. The highest BCUT2D eigenvalue weighted by molar-refractivity contribution is 5.93. The van der Waals surface area contributed by atoms with E-state index in [9.17, 15) is 9.18 Å². The third kappa shape index (κ3) is 4.14. The fourth-order valence-electron chi connectivity index (χ4n) is 2.93. The first-order valence-electron chi connectivity index (χ1n) is 8.81. The van der Waals surface area contributed by atoms with E-state index < -0.39 is 0 Å². The maximum atomic E-state index is 14.0. The van der Waals surface area contributed by atoms with Crippen molar-refractivity contribution in [3.8, 4) is 22.8 Å².